The first-order valence-corrected chi connectivity index (χ1v) is 15.1. The van der Waals surface area contributed by atoms with Gasteiger partial charge in [0.2, 0.25) is 21.8 Å². The molecule has 1 saturated carbocycles. The molecule has 0 aromatic heterocycles. The minimum absolute atomic E-state index is 0.135. The lowest BCUT2D eigenvalue weighted by molar-refractivity contribution is -0.141. The van der Waals surface area contributed by atoms with Crippen LogP contribution in [0.5, 0.6) is 0 Å². The Morgan fingerprint density at radius 1 is 1.03 bits per heavy atom. The summed E-state index contributed by atoms with van der Waals surface area (Å²) in [5.74, 6) is -0.297. The number of aryl methyl sites for hydroxylation is 2. The summed E-state index contributed by atoms with van der Waals surface area (Å²) in [6.45, 7) is 6.10. The average Bonchev–Trinajstić information content (AvgIpc) is 2.86. The van der Waals surface area contributed by atoms with E-state index in [1.54, 1.807) is 11.8 Å². The fourth-order valence-corrected chi connectivity index (χ4v) is 5.92. The number of carbonyl (C=O) groups excluding carboxylic acids is 2. The molecule has 1 aliphatic carbocycles. The summed E-state index contributed by atoms with van der Waals surface area (Å²) < 4.78 is 26.6. The molecule has 2 aromatic rings. The van der Waals surface area contributed by atoms with Crippen LogP contribution < -0.4 is 9.62 Å². The number of anilines is 1. The van der Waals surface area contributed by atoms with Gasteiger partial charge in [-0.3, -0.25) is 13.9 Å². The van der Waals surface area contributed by atoms with E-state index in [2.05, 4.69) is 5.32 Å². The predicted molar refractivity (Wildman–Crippen MR) is 149 cm³/mol. The maximum absolute atomic E-state index is 13.5. The van der Waals surface area contributed by atoms with Crippen molar-refractivity contribution in [2.24, 2.45) is 0 Å². The van der Waals surface area contributed by atoms with Gasteiger partial charge in [-0.2, -0.15) is 0 Å². The minimum Gasteiger partial charge on any atom is -0.352 e. The Kier molecular flexibility index (Phi) is 10.1. The highest BCUT2D eigenvalue weighted by Gasteiger charge is 2.28. The Bertz CT molecular complexity index is 1160. The third-order valence-corrected chi connectivity index (χ3v) is 8.28. The van der Waals surface area contributed by atoms with Crippen LogP contribution in [0.25, 0.3) is 0 Å². The van der Waals surface area contributed by atoms with E-state index in [0.717, 1.165) is 42.4 Å². The van der Waals surface area contributed by atoms with Crippen molar-refractivity contribution in [3.63, 3.8) is 0 Å². The monoisotopic (exact) mass is 527 g/mol. The van der Waals surface area contributed by atoms with Crippen molar-refractivity contribution in [3.8, 4) is 0 Å². The first kappa shape index (κ1) is 28.7. The number of nitrogens with one attached hydrogen (secondary N) is 1. The molecule has 8 heteroatoms. The van der Waals surface area contributed by atoms with Gasteiger partial charge in [-0.1, -0.05) is 61.7 Å². The zero-order chi connectivity index (χ0) is 27.0. The number of benzene rings is 2. The number of nitrogens with zero attached hydrogens (tertiary/aromatic N) is 2. The summed E-state index contributed by atoms with van der Waals surface area (Å²) in [5.41, 5.74) is 3.41. The second-order valence-corrected chi connectivity index (χ2v) is 12.2. The van der Waals surface area contributed by atoms with E-state index in [-0.39, 0.29) is 30.8 Å². The largest absolute Gasteiger partial charge is 0.352 e. The molecule has 2 aromatic carbocycles. The van der Waals surface area contributed by atoms with Crippen molar-refractivity contribution in [3.05, 3.63) is 65.2 Å². The van der Waals surface area contributed by atoms with E-state index in [1.165, 1.54) is 17.0 Å². The molecule has 202 valence electrons. The maximum Gasteiger partial charge on any atom is 0.242 e. The van der Waals surface area contributed by atoms with Gasteiger partial charge in [0.15, 0.2) is 0 Å². The Hall–Kier alpha value is -2.87. The van der Waals surface area contributed by atoms with Crippen molar-refractivity contribution in [1.82, 2.24) is 10.2 Å². The second kappa shape index (κ2) is 13.1. The van der Waals surface area contributed by atoms with E-state index >= 15 is 0 Å². The van der Waals surface area contributed by atoms with Gasteiger partial charge >= 0.3 is 0 Å². The normalized spacial score (nSPS) is 15.1. The second-order valence-electron chi connectivity index (χ2n) is 10.3. The van der Waals surface area contributed by atoms with Crippen LogP contribution in [0.2, 0.25) is 0 Å². The summed E-state index contributed by atoms with van der Waals surface area (Å²) in [6.07, 6.45) is 7.07. The van der Waals surface area contributed by atoms with Crippen LogP contribution in [0.4, 0.5) is 5.69 Å². The Morgan fingerprint density at radius 3 is 2.35 bits per heavy atom. The summed E-state index contributed by atoms with van der Waals surface area (Å²) >= 11 is 0. The van der Waals surface area contributed by atoms with Crippen LogP contribution in [0.1, 0.15) is 68.6 Å². The molecule has 0 saturated heterocycles. The molecule has 2 amide bonds. The predicted octanol–water partition coefficient (Wildman–Crippen LogP) is 4.72. The van der Waals surface area contributed by atoms with E-state index in [0.29, 0.717) is 18.7 Å². The molecule has 37 heavy (non-hydrogen) atoms. The molecule has 0 spiro atoms. The molecule has 1 fully saturated rings. The Morgan fingerprint density at radius 2 is 1.70 bits per heavy atom. The molecule has 0 aliphatic heterocycles. The first-order valence-electron chi connectivity index (χ1n) is 13.2. The Balaban J connectivity index is 1.71. The van der Waals surface area contributed by atoms with Gasteiger partial charge in [-0.05, 0) is 62.8 Å². The zero-order valence-electron chi connectivity index (χ0n) is 22.6. The van der Waals surface area contributed by atoms with Crippen LogP contribution in [-0.4, -0.2) is 50.0 Å². The third-order valence-electron chi connectivity index (χ3n) is 7.10. The van der Waals surface area contributed by atoms with Gasteiger partial charge < -0.3 is 10.2 Å². The number of carbonyl (C=O) groups is 2. The fraction of sp³-hybridized carbons (Fsp3) is 0.517. The lowest BCUT2D eigenvalue weighted by atomic mass is 9.95. The number of hydrogen-bond acceptors (Lipinski definition) is 4. The third kappa shape index (κ3) is 8.32. The molecule has 0 bridgehead atoms. The lowest BCUT2D eigenvalue weighted by Crippen LogP contribution is -2.50. The van der Waals surface area contributed by atoms with E-state index in [1.807, 2.05) is 62.4 Å². The molecule has 1 N–H and O–H groups in total. The van der Waals surface area contributed by atoms with Gasteiger partial charge in [0.25, 0.3) is 0 Å². The summed E-state index contributed by atoms with van der Waals surface area (Å²) in [6, 6.07) is 14.9. The fourth-order valence-electron chi connectivity index (χ4n) is 4.90. The van der Waals surface area contributed by atoms with Crippen LogP contribution in [0.3, 0.4) is 0 Å². The van der Waals surface area contributed by atoms with E-state index in [9.17, 15) is 18.0 Å². The van der Waals surface area contributed by atoms with Gasteiger partial charge in [-0.15, -0.1) is 0 Å². The van der Waals surface area contributed by atoms with Crippen LogP contribution in [-0.2, 0) is 26.2 Å². The molecule has 1 aliphatic rings. The maximum atomic E-state index is 13.5. The number of sulfonamides is 1. The summed E-state index contributed by atoms with van der Waals surface area (Å²) in [5, 5.41) is 3.15. The molecular formula is C29H41N3O4S. The minimum atomic E-state index is -3.53. The standard InChI is InChI=1S/C29H41N3O4S/c1-22-17-18-23(2)27(20-22)32(37(4,35)36)19-11-16-28(33)31(21-25-12-7-5-8-13-25)24(3)29(34)30-26-14-9-6-10-15-26/h5,7-8,12-13,17-18,20,24,26H,6,9-11,14-16,19,21H2,1-4H3,(H,30,34). The average molecular weight is 528 g/mol. The van der Waals surface area contributed by atoms with Crippen molar-refractivity contribution >= 4 is 27.5 Å². The van der Waals surface area contributed by atoms with Gasteiger partial charge in [0.1, 0.15) is 6.04 Å². The van der Waals surface area contributed by atoms with Crippen molar-refractivity contribution in [2.45, 2.75) is 84.3 Å². The number of hydrogen-bond donors (Lipinski definition) is 1. The molecule has 0 heterocycles. The summed E-state index contributed by atoms with van der Waals surface area (Å²) in [4.78, 5) is 28.2. The number of rotatable bonds is 11. The highest BCUT2D eigenvalue weighted by molar-refractivity contribution is 7.92. The van der Waals surface area contributed by atoms with Gasteiger partial charge in [0, 0.05) is 25.6 Å². The number of amides is 2. The van der Waals surface area contributed by atoms with Gasteiger partial charge in [-0.25, -0.2) is 8.42 Å². The summed E-state index contributed by atoms with van der Waals surface area (Å²) in [7, 11) is -3.53. The van der Waals surface area contributed by atoms with Crippen LogP contribution in [0, 0.1) is 13.8 Å². The molecule has 1 unspecified atom stereocenters. The molecule has 7 nitrogen and oxygen atoms in total. The van der Waals surface area contributed by atoms with Crippen molar-refractivity contribution in [1.29, 1.82) is 0 Å². The smallest absolute Gasteiger partial charge is 0.242 e. The van der Waals surface area contributed by atoms with Gasteiger partial charge in [0.05, 0.1) is 11.9 Å². The van der Waals surface area contributed by atoms with E-state index < -0.39 is 16.1 Å². The van der Waals surface area contributed by atoms with Crippen molar-refractivity contribution < 1.29 is 18.0 Å². The highest BCUT2D eigenvalue weighted by Crippen LogP contribution is 2.25. The topological polar surface area (TPSA) is 86.8 Å². The molecule has 0 radical (unpaired) electrons. The van der Waals surface area contributed by atoms with Crippen LogP contribution >= 0.6 is 0 Å². The highest BCUT2D eigenvalue weighted by atomic mass is 32.2. The SMILES string of the molecule is Cc1ccc(C)c(N(CCCC(=O)N(Cc2ccccc2)C(C)C(=O)NC2CCCCC2)S(C)(=O)=O)c1. The molecule has 3 rings (SSSR count). The zero-order valence-corrected chi connectivity index (χ0v) is 23.4. The molecular weight excluding hydrogens is 486 g/mol. The first-order chi connectivity index (χ1) is 17.6. The Labute approximate surface area is 222 Å². The quantitative estimate of drug-likeness (QED) is 0.458. The lowest BCUT2D eigenvalue weighted by Gasteiger charge is -2.31. The molecule has 1 atom stereocenters. The van der Waals surface area contributed by atoms with Crippen molar-refractivity contribution in [2.75, 3.05) is 17.1 Å². The van der Waals surface area contributed by atoms with E-state index in [4.69, 9.17) is 0 Å². The van der Waals surface area contributed by atoms with Crippen LogP contribution in [0.15, 0.2) is 48.5 Å².